The fourth-order valence-corrected chi connectivity index (χ4v) is 3.44. The molecule has 0 radical (unpaired) electrons. The van der Waals surface area contributed by atoms with Crippen LogP contribution in [0.5, 0.6) is 11.5 Å². The van der Waals surface area contributed by atoms with Crippen molar-refractivity contribution in [3.05, 3.63) is 99.1 Å². The molecular weight excluding hydrogens is 456 g/mol. The number of allylic oxidation sites excluding steroid dienone is 1. The lowest BCUT2D eigenvalue weighted by Gasteiger charge is -2.08. The Hall–Kier alpha value is -3.69. The highest BCUT2D eigenvalue weighted by Crippen LogP contribution is 2.35. The maximum Gasteiger partial charge on any atom is 0.312 e. The van der Waals surface area contributed by atoms with E-state index in [0.29, 0.717) is 21.8 Å². The number of ether oxygens (including phenoxy) is 1. The molecule has 0 heterocycles. The molecular formula is C22H17ClN2O6S. The number of nitro groups is 1. The molecule has 8 nitrogen and oxygen atoms in total. The minimum atomic E-state index is -3.42. The van der Waals surface area contributed by atoms with Gasteiger partial charge in [-0.1, -0.05) is 35.9 Å². The molecule has 0 saturated heterocycles. The average Bonchev–Trinajstić information content (AvgIpc) is 2.73. The Morgan fingerprint density at radius 2 is 1.75 bits per heavy atom. The van der Waals surface area contributed by atoms with Gasteiger partial charge in [-0.25, -0.2) is 8.42 Å². The first-order valence-corrected chi connectivity index (χ1v) is 11.4. The number of nitrogens with one attached hydrogen (secondary N) is 1. The number of benzene rings is 3. The molecule has 0 aliphatic rings. The molecule has 164 valence electrons. The van der Waals surface area contributed by atoms with Gasteiger partial charge in [0.1, 0.15) is 5.75 Å². The second-order valence-corrected chi connectivity index (χ2v) is 8.82. The maximum absolute atomic E-state index is 12.4. The largest absolute Gasteiger partial charge is 0.449 e. The van der Waals surface area contributed by atoms with E-state index in [1.165, 1.54) is 48.6 Å². The van der Waals surface area contributed by atoms with Crippen LogP contribution < -0.4 is 9.46 Å². The Balaban J connectivity index is 1.78. The highest BCUT2D eigenvalue weighted by Gasteiger charge is 2.17. The zero-order valence-electron chi connectivity index (χ0n) is 16.7. The van der Waals surface area contributed by atoms with E-state index in [0.717, 1.165) is 6.26 Å². The molecule has 0 spiro atoms. The van der Waals surface area contributed by atoms with Gasteiger partial charge in [0.05, 0.1) is 16.2 Å². The van der Waals surface area contributed by atoms with Crippen molar-refractivity contribution in [2.24, 2.45) is 0 Å². The number of anilines is 1. The minimum absolute atomic E-state index is 0.0144. The molecule has 0 aliphatic carbocycles. The molecule has 32 heavy (non-hydrogen) atoms. The van der Waals surface area contributed by atoms with Crippen molar-refractivity contribution < 1.29 is 22.9 Å². The fourth-order valence-electron chi connectivity index (χ4n) is 2.70. The first kappa shape index (κ1) is 23.0. The lowest BCUT2D eigenvalue weighted by atomic mass is 10.1. The molecule has 1 N–H and O–H groups in total. The summed E-state index contributed by atoms with van der Waals surface area (Å²) in [5.74, 6) is -0.0555. The van der Waals surface area contributed by atoms with Crippen molar-refractivity contribution in [1.29, 1.82) is 0 Å². The number of carbonyl (C=O) groups excluding carboxylic acids is 1. The summed E-state index contributed by atoms with van der Waals surface area (Å²) in [4.78, 5) is 23.3. The summed E-state index contributed by atoms with van der Waals surface area (Å²) in [7, 11) is -3.42. The number of halogens is 1. The maximum atomic E-state index is 12.4. The number of hydrogen-bond acceptors (Lipinski definition) is 6. The van der Waals surface area contributed by atoms with Crippen LogP contribution in [0.1, 0.15) is 15.9 Å². The van der Waals surface area contributed by atoms with Gasteiger partial charge in [-0.15, -0.1) is 0 Å². The average molecular weight is 473 g/mol. The molecule has 0 bridgehead atoms. The number of sulfonamides is 1. The van der Waals surface area contributed by atoms with E-state index in [1.807, 2.05) is 0 Å². The van der Waals surface area contributed by atoms with E-state index in [-0.39, 0.29) is 23.0 Å². The van der Waals surface area contributed by atoms with Gasteiger partial charge in [0.25, 0.3) is 0 Å². The third kappa shape index (κ3) is 6.16. The number of carbonyl (C=O) groups is 1. The highest BCUT2D eigenvalue weighted by atomic mass is 35.5. The molecule has 0 atom stereocenters. The van der Waals surface area contributed by atoms with E-state index in [2.05, 4.69) is 4.72 Å². The molecule has 0 aliphatic heterocycles. The summed E-state index contributed by atoms with van der Waals surface area (Å²) in [6.07, 6.45) is 3.74. The van der Waals surface area contributed by atoms with Gasteiger partial charge < -0.3 is 4.74 Å². The van der Waals surface area contributed by atoms with E-state index in [9.17, 15) is 23.3 Å². The standard InChI is InChI=1S/C22H17ClN2O6S/c1-32(29,30)24-17-10-8-16(9-11-17)20(26)12-6-15-7-13-22(19(14-15)25(27)28)31-21-5-3-2-4-18(21)23/h2-14,24H,1H3/b12-6+. The summed E-state index contributed by atoms with van der Waals surface area (Å²) in [5.41, 5.74) is 0.800. The summed E-state index contributed by atoms with van der Waals surface area (Å²) in [6, 6.07) is 16.8. The van der Waals surface area contributed by atoms with Crippen molar-refractivity contribution >= 4 is 44.9 Å². The zero-order valence-corrected chi connectivity index (χ0v) is 18.3. The molecule has 0 unspecified atom stereocenters. The summed E-state index contributed by atoms with van der Waals surface area (Å²) in [5, 5.41) is 11.8. The molecule has 3 aromatic rings. The van der Waals surface area contributed by atoms with Crippen LogP contribution in [0.2, 0.25) is 5.02 Å². The van der Waals surface area contributed by atoms with Crippen molar-refractivity contribution in [3.63, 3.8) is 0 Å². The van der Waals surface area contributed by atoms with E-state index in [1.54, 1.807) is 30.3 Å². The number of nitrogens with zero attached hydrogens (tertiary/aromatic N) is 1. The quantitative estimate of drug-likeness (QED) is 0.205. The van der Waals surface area contributed by atoms with E-state index >= 15 is 0 Å². The normalized spacial score (nSPS) is 11.3. The SMILES string of the molecule is CS(=O)(=O)Nc1ccc(C(=O)/C=C/c2ccc(Oc3ccccc3Cl)c([N+](=O)[O-])c2)cc1. The van der Waals surface area contributed by atoms with Crippen molar-refractivity contribution in [3.8, 4) is 11.5 Å². The van der Waals surface area contributed by atoms with Crippen LogP contribution in [-0.4, -0.2) is 25.4 Å². The lowest BCUT2D eigenvalue weighted by Crippen LogP contribution is -2.09. The second-order valence-electron chi connectivity index (χ2n) is 6.67. The molecule has 3 rings (SSSR count). The first-order valence-electron chi connectivity index (χ1n) is 9.13. The fraction of sp³-hybridized carbons (Fsp3) is 0.0455. The van der Waals surface area contributed by atoms with Crippen LogP contribution in [0.25, 0.3) is 6.08 Å². The second kappa shape index (κ2) is 9.63. The summed E-state index contributed by atoms with van der Waals surface area (Å²) >= 11 is 6.04. The number of hydrogen-bond donors (Lipinski definition) is 1. The monoisotopic (exact) mass is 472 g/mol. The Morgan fingerprint density at radius 1 is 1.06 bits per heavy atom. The minimum Gasteiger partial charge on any atom is -0.449 e. The predicted molar refractivity (Wildman–Crippen MR) is 123 cm³/mol. The summed E-state index contributed by atoms with van der Waals surface area (Å²) < 4.78 is 30.4. The third-order valence-electron chi connectivity index (χ3n) is 4.14. The van der Waals surface area contributed by atoms with Crippen LogP contribution in [0.3, 0.4) is 0 Å². The number of rotatable bonds is 8. The number of para-hydroxylation sites is 1. The van der Waals surface area contributed by atoms with Gasteiger partial charge in [-0.3, -0.25) is 19.6 Å². The molecule has 10 heteroatoms. The Morgan fingerprint density at radius 3 is 2.38 bits per heavy atom. The van der Waals surface area contributed by atoms with Crippen LogP contribution in [0, 0.1) is 10.1 Å². The van der Waals surface area contributed by atoms with Gasteiger partial charge in [-0.05, 0) is 54.1 Å². The van der Waals surface area contributed by atoms with Crippen molar-refractivity contribution in [1.82, 2.24) is 0 Å². The number of ketones is 1. The Bertz CT molecular complexity index is 1300. The molecule has 0 aromatic heterocycles. The van der Waals surface area contributed by atoms with Crippen LogP contribution in [0.15, 0.2) is 72.8 Å². The Kier molecular flexibility index (Phi) is 6.92. The van der Waals surface area contributed by atoms with E-state index < -0.39 is 14.9 Å². The topological polar surface area (TPSA) is 116 Å². The van der Waals surface area contributed by atoms with Gasteiger partial charge in [0.15, 0.2) is 5.78 Å². The predicted octanol–water partition coefficient (Wildman–Crippen LogP) is 5.31. The highest BCUT2D eigenvalue weighted by molar-refractivity contribution is 7.92. The lowest BCUT2D eigenvalue weighted by molar-refractivity contribution is -0.385. The van der Waals surface area contributed by atoms with Gasteiger partial charge in [-0.2, -0.15) is 0 Å². The van der Waals surface area contributed by atoms with Crippen LogP contribution >= 0.6 is 11.6 Å². The van der Waals surface area contributed by atoms with Crippen molar-refractivity contribution in [2.45, 2.75) is 0 Å². The number of nitro benzene ring substituents is 1. The molecule has 3 aromatic carbocycles. The molecule has 0 amide bonds. The third-order valence-corrected chi connectivity index (χ3v) is 5.05. The van der Waals surface area contributed by atoms with Crippen LogP contribution in [-0.2, 0) is 10.0 Å². The van der Waals surface area contributed by atoms with Gasteiger partial charge >= 0.3 is 5.69 Å². The smallest absolute Gasteiger partial charge is 0.312 e. The summed E-state index contributed by atoms with van der Waals surface area (Å²) in [6.45, 7) is 0. The molecule has 0 saturated carbocycles. The molecule has 0 fully saturated rings. The van der Waals surface area contributed by atoms with E-state index in [4.69, 9.17) is 16.3 Å². The zero-order chi connectivity index (χ0) is 23.3. The van der Waals surface area contributed by atoms with Crippen molar-refractivity contribution in [2.75, 3.05) is 11.0 Å². The Labute approximate surface area is 189 Å². The van der Waals surface area contributed by atoms with Gasteiger partial charge in [0.2, 0.25) is 15.8 Å². The van der Waals surface area contributed by atoms with Gasteiger partial charge in [0, 0.05) is 17.3 Å². The van der Waals surface area contributed by atoms with Crippen LogP contribution in [0.4, 0.5) is 11.4 Å². The first-order chi connectivity index (χ1) is 15.1.